The third-order valence-electron chi connectivity index (χ3n) is 18.0. The van der Waals surface area contributed by atoms with Crippen molar-refractivity contribution < 1.29 is 82.8 Å². The largest absolute Gasteiger partial charge is 0.480 e. The number of nitrogens with two attached hydrogens (primary N) is 2. The molecule has 6 rings (SSSR count). The van der Waals surface area contributed by atoms with Gasteiger partial charge in [-0.3, -0.25) is 92.6 Å². The molecule has 3 aliphatic rings. The highest BCUT2D eigenvalue weighted by Gasteiger charge is 2.41. The van der Waals surface area contributed by atoms with E-state index in [1.165, 1.54) is 29.2 Å². The fraction of sp³-hybridized carbons (Fsp3) is 0.631. The van der Waals surface area contributed by atoms with Crippen LogP contribution in [-0.4, -0.2) is 289 Å². The standard InChI is InChI=1S/C65H99N17O17/c1-39(2)26-48-61(94)76-50(28-42-31-68-37-71-42)64(97)82-17-7-11-52(82)63(96)75-47(29-56(66)87)55(86)15-13-45(70-32-57(67)88)46(10-6-12-54(85)51(36-83)77-62(95)49(73-38-72-48)27-41-30-69-44-9-5-4-8-43(41)44)74-58(89)16-14-53(65(98)99)81-24-22-79(34-59(90)91)20-18-78(33-40(3)84)19-21-80(23-25-81)35-60(92)93/h4-5,8-9,30-31,37,39,45-53,69-70,72-73,83H,6-7,10-29,32-36,38H2,1-3H3,(H2,66,87)(H2,67,88)(H,68,71)(H,74,89)(H,75,96)(H,76,94)(H,77,95)(H,90,91)(H,92,93)(H,98,99)/t45?,46?,47-,48-,49-,50-,51-,52-,53?/m0/s1. The molecule has 17 N–H and O–H groups in total. The average Bonchev–Trinajstić information content (AvgIpc) is 1.77. The Morgan fingerprint density at radius 1 is 0.667 bits per heavy atom. The zero-order valence-electron chi connectivity index (χ0n) is 56.5. The van der Waals surface area contributed by atoms with Gasteiger partial charge in [0.15, 0.2) is 11.6 Å². The molecule has 3 fully saturated rings. The highest BCUT2D eigenvalue weighted by molar-refractivity contribution is 5.97. The number of Topliss-reactive ketones (excluding diaryl/α,β-unsaturated/α-hetero) is 3. The highest BCUT2D eigenvalue weighted by Crippen LogP contribution is 2.23. The summed E-state index contributed by atoms with van der Waals surface area (Å²) in [6, 6.07) is -3.79. The van der Waals surface area contributed by atoms with Crippen LogP contribution in [0.5, 0.6) is 0 Å². The maximum Gasteiger partial charge on any atom is 0.320 e. The molecule has 546 valence electrons. The second kappa shape index (κ2) is 39.8. The van der Waals surface area contributed by atoms with Crippen LogP contribution in [0.4, 0.5) is 0 Å². The van der Waals surface area contributed by atoms with Gasteiger partial charge >= 0.3 is 17.9 Å². The number of imidazole rings is 1. The van der Waals surface area contributed by atoms with Crippen molar-refractivity contribution in [2.24, 2.45) is 17.4 Å². The Morgan fingerprint density at radius 2 is 1.28 bits per heavy atom. The fourth-order valence-electron chi connectivity index (χ4n) is 12.9. The summed E-state index contributed by atoms with van der Waals surface area (Å²) in [4.78, 5) is 195. The minimum atomic E-state index is -1.56. The van der Waals surface area contributed by atoms with Crippen LogP contribution in [0.2, 0.25) is 0 Å². The van der Waals surface area contributed by atoms with Gasteiger partial charge in [-0.05, 0) is 75.8 Å². The quantitative estimate of drug-likeness (QED) is 0.0408. The molecule has 9 atom stereocenters. The number of benzene rings is 1. The minimum Gasteiger partial charge on any atom is -0.480 e. The summed E-state index contributed by atoms with van der Waals surface area (Å²) in [5.41, 5.74) is 13.3. The van der Waals surface area contributed by atoms with Crippen LogP contribution in [0.3, 0.4) is 0 Å². The number of nitrogens with zero attached hydrogens (tertiary/aromatic N) is 6. The molecule has 3 aromatic rings. The van der Waals surface area contributed by atoms with Crippen molar-refractivity contribution in [3.8, 4) is 0 Å². The van der Waals surface area contributed by atoms with Crippen LogP contribution in [0, 0.1) is 5.92 Å². The number of aromatic nitrogens is 3. The number of aliphatic hydroxyl groups excluding tert-OH is 1. The summed E-state index contributed by atoms with van der Waals surface area (Å²) in [5.74, 6) is -10.6. The number of carboxylic acid groups (broad SMARTS) is 3. The summed E-state index contributed by atoms with van der Waals surface area (Å²) in [6.07, 6.45) is 2.55. The van der Waals surface area contributed by atoms with Gasteiger partial charge in [-0.2, -0.15) is 0 Å². The molecule has 99 heavy (non-hydrogen) atoms. The third kappa shape index (κ3) is 26.2. The number of amides is 7. The summed E-state index contributed by atoms with van der Waals surface area (Å²) in [5, 5.41) is 62.5. The number of fused-ring (bicyclic) bond motifs is 2. The molecule has 5 heterocycles. The molecule has 0 bridgehead atoms. The van der Waals surface area contributed by atoms with Crippen molar-refractivity contribution >= 4 is 87.5 Å². The maximum atomic E-state index is 14.9. The van der Waals surface area contributed by atoms with Crippen LogP contribution in [-0.2, 0) is 75.2 Å². The summed E-state index contributed by atoms with van der Waals surface area (Å²) in [6.45, 7) is 3.66. The molecular formula is C65H99N17O17. The molecule has 34 nitrogen and oxygen atoms in total. The van der Waals surface area contributed by atoms with E-state index in [1.807, 2.05) is 38.1 Å². The number of H-pyrrole nitrogens is 2. The van der Waals surface area contributed by atoms with E-state index in [4.69, 9.17) is 11.5 Å². The van der Waals surface area contributed by atoms with Gasteiger partial charge < -0.3 is 73.3 Å². The average molecular weight is 1390 g/mol. The lowest BCUT2D eigenvalue weighted by Crippen LogP contribution is -2.59. The maximum absolute atomic E-state index is 14.9. The zero-order chi connectivity index (χ0) is 72.3. The molecule has 0 radical (unpaired) electrons. The monoisotopic (exact) mass is 1390 g/mol. The van der Waals surface area contributed by atoms with E-state index in [9.17, 15) is 82.8 Å². The van der Waals surface area contributed by atoms with Gasteiger partial charge in [0, 0.05) is 132 Å². The molecule has 34 heteroatoms. The van der Waals surface area contributed by atoms with Crippen LogP contribution in [0.1, 0.15) is 103 Å². The predicted octanol–water partition coefficient (Wildman–Crippen LogP) is -3.85. The molecule has 2 aromatic heterocycles. The first-order chi connectivity index (χ1) is 47.2. The van der Waals surface area contributed by atoms with E-state index in [0.717, 1.165) is 10.9 Å². The molecule has 7 amide bonds. The predicted molar refractivity (Wildman–Crippen MR) is 357 cm³/mol. The van der Waals surface area contributed by atoms with Gasteiger partial charge in [-0.1, -0.05) is 32.0 Å². The molecule has 0 aliphatic carbocycles. The van der Waals surface area contributed by atoms with E-state index < -0.39 is 171 Å². The Kier molecular flexibility index (Phi) is 31.9. The molecule has 0 saturated carbocycles. The first kappa shape index (κ1) is 79.3. The Balaban J connectivity index is 1.33. The Bertz CT molecular complexity index is 3230. The van der Waals surface area contributed by atoms with Gasteiger partial charge in [0.05, 0.1) is 63.7 Å². The SMILES string of the molecule is CC(=O)CN1CCN(CC(=O)O)CCN(C(CCC(=O)NC2CCCC(=O)[C@H](CO)NC(=O)[C@H](Cc3c[nH]c4ccccc34)NCN[C@@H](CC(C)C)C(=O)N[C@@H](Cc3cnc[nH]3)C(=O)N3CCC[C@H]3C(=O)N[C@@H](CC(N)=O)C(=O)CCC2NCC(N)=O)C(=O)O)CCN(CC(=O)O)CC1. The number of rotatable bonds is 24. The van der Waals surface area contributed by atoms with Crippen molar-refractivity contribution in [3.05, 3.63) is 54.2 Å². The molecule has 1 aromatic carbocycles. The van der Waals surface area contributed by atoms with E-state index in [0.29, 0.717) is 17.7 Å². The number of carboxylic acids is 3. The first-order valence-electron chi connectivity index (χ1n) is 33.7. The fourth-order valence-corrected chi connectivity index (χ4v) is 12.9. The molecule has 3 aliphatic heterocycles. The summed E-state index contributed by atoms with van der Waals surface area (Å²) < 4.78 is 0. The van der Waals surface area contributed by atoms with Crippen LogP contribution in [0.15, 0.2) is 43.0 Å². The molecular weight excluding hydrogens is 1290 g/mol. The number of para-hydroxylation sites is 1. The topological polar surface area (TPSA) is 500 Å². The zero-order valence-corrected chi connectivity index (χ0v) is 56.5. The van der Waals surface area contributed by atoms with Gasteiger partial charge in [0.1, 0.15) is 30.0 Å². The lowest BCUT2D eigenvalue weighted by atomic mass is 9.93. The second-order valence-electron chi connectivity index (χ2n) is 26.1. The number of carbonyl (C=O) groups is 13. The van der Waals surface area contributed by atoms with Crippen LogP contribution < -0.4 is 48.7 Å². The number of carbonyl (C=O) groups excluding carboxylic acids is 10. The number of hydrogen-bond acceptors (Lipinski definition) is 22. The third-order valence-corrected chi connectivity index (χ3v) is 18.0. The van der Waals surface area contributed by atoms with Gasteiger partial charge in [-0.15, -0.1) is 0 Å². The number of ketones is 3. The highest BCUT2D eigenvalue weighted by atomic mass is 16.4. The number of primary amides is 2. The van der Waals surface area contributed by atoms with E-state index in [1.54, 1.807) is 20.9 Å². The number of aromatic amines is 2. The lowest BCUT2D eigenvalue weighted by molar-refractivity contribution is -0.145. The Morgan fingerprint density at radius 3 is 1.89 bits per heavy atom. The normalized spacial score (nSPS) is 24.2. The van der Waals surface area contributed by atoms with E-state index >= 15 is 0 Å². The van der Waals surface area contributed by atoms with Crippen LogP contribution in [0.25, 0.3) is 10.9 Å². The number of hydrogen-bond donors (Lipinski definition) is 15. The van der Waals surface area contributed by atoms with Gasteiger partial charge in [0.2, 0.25) is 41.4 Å². The van der Waals surface area contributed by atoms with Gasteiger partial charge in [0.25, 0.3) is 0 Å². The van der Waals surface area contributed by atoms with Gasteiger partial charge in [-0.25, -0.2) is 4.98 Å². The van der Waals surface area contributed by atoms with Crippen molar-refractivity contribution in [1.29, 1.82) is 0 Å². The Hall–Kier alpha value is -8.64. The van der Waals surface area contributed by atoms with Crippen molar-refractivity contribution in [2.45, 2.75) is 159 Å². The molecule has 0 spiro atoms. The van der Waals surface area contributed by atoms with Crippen molar-refractivity contribution in [1.82, 2.24) is 76.7 Å². The smallest absolute Gasteiger partial charge is 0.320 e. The van der Waals surface area contributed by atoms with Crippen LogP contribution >= 0.6 is 0 Å². The van der Waals surface area contributed by atoms with E-state index in [-0.39, 0.29) is 142 Å². The number of aliphatic carboxylic acids is 3. The number of aliphatic hydroxyl groups is 1. The van der Waals surface area contributed by atoms with E-state index in [2.05, 4.69) is 52.2 Å². The lowest BCUT2D eigenvalue weighted by Gasteiger charge is -2.35. The molecule has 3 unspecified atom stereocenters. The number of nitrogens with one attached hydrogen (secondary N) is 9. The van der Waals surface area contributed by atoms with Crippen molar-refractivity contribution in [2.75, 3.05) is 98.4 Å². The minimum absolute atomic E-state index is 0.0266. The summed E-state index contributed by atoms with van der Waals surface area (Å²) in [7, 11) is 0. The Labute approximate surface area is 573 Å². The first-order valence-corrected chi connectivity index (χ1v) is 33.7. The second-order valence-corrected chi connectivity index (χ2v) is 26.1. The summed E-state index contributed by atoms with van der Waals surface area (Å²) >= 11 is 0. The van der Waals surface area contributed by atoms with Crippen molar-refractivity contribution in [3.63, 3.8) is 0 Å². The molecule has 3 saturated heterocycles.